The third-order valence-electron chi connectivity index (χ3n) is 3.73. The molecule has 1 aromatic carbocycles. The lowest BCUT2D eigenvalue weighted by molar-refractivity contribution is -0.385. The summed E-state index contributed by atoms with van der Waals surface area (Å²) >= 11 is 0. The molecule has 0 radical (unpaired) electrons. The zero-order valence-corrected chi connectivity index (χ0v) is 14.3. The standard InChI is InChI=1S/C16H18N4O5/c1-9-14(10(2)19(4)18-9)17-15(21)11(3)25-16(22)12-7-5-6-8-13(12)20(23)24/h5-8,11H,1-4H3,(H,17,21). The van der Waals surface area contributed by atoms with Crippen molar-refractivity contribution in [3.8, 4) is 0 Å². The molecule has 1 amide bonds. The fraction of sp³-hybridized carbons (Fsp3) is 0.312. The molecule has 0 fully saturated rings. The fourth-order valence-electron chi connectivity index (χ4n) is 2.26. The van der Waals surface area contributed by atoms with Gasteiger partial charge in [-0.1, -0.05) is 12.1 Å². The van der Waals surface area contributed by atoms with Crippen LogP contribution in [0.4, 0.5) is 11.4 Å². The number of carbonyl (C=O) groups excluding carboxylic acids is 2. The second kappa shape index (κ2) is 7.12. The number of aryl methyl sites for hydroxylation is 2. The predicted molar refractivity (Wildman–Crippen MR) is 89.3 cm³/mol. The van der Waals surface area contributed by atoms with Gasteiger partial charge in [-0.05, 0) is 26.8 Å². The van der Waals surface area contributed by atoms with Gasteiger partial charge in [-0.25, -0.2) is 4.79 Å². The Morgan fingerprint density at radius 3 is 2.52 bits per heavy atom. The third kappa shape index (κ3) is 3.82. The molecule has 1 heterocycles. The van der Waals surface area contributed by atoms with Gasteiger partial charge in [0.1, 0.15) is 5.56 Å². The molecule has 1 N–H and O–H groups in total. The van der Waals surface area contributed by atoms with Gasteiger partial charge in [-0.15, -0.1) is 0 Å². The summed E-state index contributed by atoms with van der Waals surface area (Å²) in [6.45, 7) is 4.93. The second-order valence-electron chi connectivity index (χ2n) is 5.48. The van der Waals surface area contributed by atoms with Crippen LogP contribution in [-0.2, 0) is 16.6 Å². The van der Waals surface area contributed by atoms with Crippen molar-refractivity contribution < 1.29 is 19.2 Å². The van der Waals surface area contributed by atoms with Crippen molar-refractivity contribution in [2.45, 2.75) is 26.9 Å². The maximum absolute atomic E-state index is 12.3. The molecule has 0 saturated heterocycles. The number of hydrogen-bond donors (Lipinski definition) is 1. The van der Waals surface area contributed by atoms with E-state index in [2.05, 4.69) is 10.4 Å². The molecule has 0 aliphatic rings. The zero-order chi connectivity index (χ0) is 18.7. The van der Waals surface area contributed by atoms with E-state index in [1.165, 1.54) is 31.2 Å². The Bertz CT molecular complexity index is 843. The number of nitro groups is 1. The minimum atomic E-state index is -1.13. The molecule has 9 nitrogen and oxygen atoms in total. The Morgan fingerprint density at radius 2 is 1.96 bits per heavy atom. The van der Waals surface area contributed by atoms with Crippen LogP contribution in [0.15, 0.2) is 24.3 Å². The first-order valence-electron chi connectivity index (χ1n) is 7.47. The van der Waals surface area contributed by atoms with Crippen molar-refractivity contribution in [2.75, 3.05) is 5.32 Å². The second-order valence-corrected chi connectivity index (χ2v) is 5.48. The molecule has 1 atom stereocenters. The first-order valence-corrected chi connectivity index (χ1v) is 7.47. The molecule has 0 saturated carbocycles. The van der Waals surface area contributed by atoms with E-state index in [4.69, 9.17) is 4.74 Å². The van der Waals surface area contributed by atoms with Gasteiger partial charge < -0.3 is 10.1 Å². The summed E-state index contributed by atoms with van der Waals surface area (Å²) in [6.07, 6.45) is -1.13. The number of carbonyl (C=O) groups is 2. The molecule has 9 heteroatoms. The molecule has 1 unspecified atom stereocenters. The van der Waals surface area contributed by atoms with E-state index in [9.17, 15) is 19.7 Å². The number of rotatable bonds is 5. The lowest BCUT2D eigenvalue weighted by atomic mass is 10.2. The smallest absolute Gasteiger partial charge is 0.345 e. The van der Waals surface area contributed by atoms with Gasteiger partial charge in [-0.2, -0.15) is 5.10 Å². The van der Waals surface area contributed by atoms with Gasteiger partial charge in [0.05, 0.1) is 22.0 Å². The number of esters is 1. The first kappa shape index (κ1) is 18.1. The van der Waals surface area contributed by atoms with Crippen LogP contribution in [-0.4, -0.2) is 32.7 Å². The van der Waals surface area contributed by atoms with Crippen molar-refractivity contribution in [2.24, 2.45) is 7.05 Å². The van der Waals surface area contributed by atoms with Crippen LogP contribution in [0.5, 0.6) is 0 Å². The molecule has 0 aliphatic heterocycles. The molecular formula is C16H18N4O5. The van der Waals surface area contributed by atoms with Crippen LogP contribution in [0.3, 0.4) is 0 Å². The highest BCUT2D eigenvalue weighted by molar-refractivity contribution is 5.99. The van der Waals surface area contributed by atoms with Gasteiger partial charge in [-0.3, -0.25) is 19.6 Å². The summed E-state index contributed by atoms with van der Waals surface area (Å²) in [4.78, 5) is 34.7. The summed E-state index contributed by atoms with van der Waals surface area (Å²) in [6, 6.07) is 5.40. The number of nitrogens with zero attached hydrogens (tertiary/aromatic N) is 3. The highest BCUT2D eigenvalue weighted by atomic mass is 16.6. The number of aromatic nitrogens is 2. The molecule has 0 bridgehead atoms. The molecule has 2 aromatic rings. The number of anilines is 1. The summed E-state index contributed by atoms with van der Waals surface area (Å²) in [5.74, 6) is -1.49. The minimum absolute atomic E-state index is 0.208. The molecule has 1 aromatic heterocycles. The summed E-state index contributed by atoms with van der Waals surface area (Å²) in [7, 11) is 1.75. The summed E-state index contributed by atoms with van der Waals surface area (Å²) in [5.41, 5.74) is 1.34. The monoisotopic (exact) mass is 346 g/mol. The Kier molecular flexibility index (Phi) is 5.16. The molecule has 25 heavy (non-hydrogen) atoms. The van der Waals surface area contributed by atoms with E-state index in [0.29, 0.717) is 11.4 Å². The highest BCUT2D eigenvalue weighted by Crippen LogP contribution is 2.21. The van der Waals surface area contributed by atoms with Crippen molar-refractivity contribution in [3.05, 3.63) is 51.3 Å². The highest BCUT2D eigenvalue weighted by Gasteiger charge is 2.25. The van der Waals surface area contributed by atoms with Gasteiger partial charge in [0.15, 0.2) is 6.10 Å². The van der Waals surface area contributed by atoms with E-state index < -0.39 is 22.9 Å². The number of ether oxygens (including phenoxy) is 1. The summed E-state index contributed by atoms with van der Waals surface area (Å²) in [5, 5.41) is 17.8. The van der Waals surface area contributed by atoms with E-state index in [1.807, 2.05) is 0 Å². The number of nitro benzene ring substituents is 1. The van der Waals surface area contributed by atoms with Crippen LogP contribution in [0, 0.1) is 24.0 Å². The van der Waals surface area contributed by atoms with E-state index in [0.717, 1.165) is 5.69 Å². The Balaban J connectivity index is 2.11. The molecule has 0 aliphatic carbocycles. The predicted octanol–water partition coefficient (Wildman–Crippen LogP) is 2.13. The first-order chi connectivity index (χ1) is 11.7. The fourth-order valence-corrected chi connectivity index (χ4v) is 2.26. The Labute approximate surface area is 143 Å². The molecular weight excluding hydrogens is 328 g/mol. The normalized spacial score (nSPS) is 11.7. The quantitative estimate of drug-likeness (QED) is 0.503. The van der Waals surface area contributed by atoms with Gasteiger partial charge >= 0.3 is 5.97 Å². The lowest BCUT2D eigenvalue weighted by Gasteiger charge is -2.13. The van der Waals surface area contributed by atoms with Crippen LogP contribution >= 0.6 is 0 Å². The van der Waals surface area contributed by atoms with E-state index in [-0.39, 0.29) is 11.3 Å². The topological polar surface area (TPSA) is 116 Å². The molecule has 0 spiro atoms. The van der Waals surface area contributed by atoms with E-state index >= 15 is 0 Å². The Morgan fingerprint density at radius 1 is 1.32 bits per heavy atom. The van der Waals surface area contributed by atoms with Crippen molar-refractivity contribution in [3.63, 3.8) is 0 Å². The number of amides is 1. The van der Waals surface area contributed by atoms with Crippen LogP contribution in [0.1, 0.15) is 28.7 Å². The molecule has 132 valence electrons. The molecule has 2 rings (SSSR count). The summed E-state index contributed by atoms with van der Waals surface area (Å²) < 4.78 is 6.69. The van der Waals surface area contributed by atoms with Crippen molar-refractivity contribution in [1.29, 1.82) is 0 Å². The maximum Gasteiger partial charge on any atom is 0.345 e. The van der Waals surface area contributed by atoms with Crippen molar-refractivity contribution >= 4 is 23.3 Å². The van der Waals surface area contributed by atoms with Gasteiger partial charge in [0, 0.05) is 13.1 Å². The third-order valence-corrected chi connectivity index (χ3v) is 3.73. The average Bonchev–Trinajstić information content (AvgIpc) is 2.80. The maximum atomic E-state index is 12.3. The largest absolute Gasteiger partial charge is 0.449 e. The number of benzene rings is 1. The van der Waals surface area contributed by atoms with Crippen LogP contribution < -0.4 is 5.32 Å². The van der Waals surface area contributed by atoms with Crippen LogP contribution in [0.25, 0.3) is 0 Å². The Hall–Kier alpha value is -3.23. The van der Waals surface area contributed by atoms with E-state index in [1.54, 1.807) is 25.6 Å². The van der Waals surface area contributed by atoms with Crippen LogP contribution in [0.2, 0.25) is 0 Å². The SMILES string of the molecule is Cc1nn(C)c(C)c1NC(=O)C(C)OC(=O)c1ccccc1[N+](=O)[O-]. The lowest BCUT2D eigenvalue weighted by Crippen LogP contribution is -2.30. The number of para-hydroxylation sites is 1. The number of hydrogen-bond acceptors (Lipinski definition) is 6. The average molecular weight is 346 g/mol. The van der Waals surface area contributed by atoms with Crippen molar-refractivity contribution in [1.82, 2.24) is 9.78 Å². The number of nitrogens with one attached hydrogen (secondary N) is 1. The zero-order valence-electron chi connectivity index (χ0n) is 14.3. The minimum Gasteiger partial charge on any atom is -0.449 e. The van der Waals surface area contributed by atoms with Gasteiger partial charge in [0.25, 0.3) is 11.6 Å². The van der Waals surface area contributed by atoms with Gasteiger partial charge in [0.2, 0.25) is 0 Å².